The first-order chi connectivity index (χ1) is 11.3. The van der Waals surface area contributed by atoms with Crippen molar-refractivity contribution in [3.63, 3.8) is 0 Å². The van der Waals surface area contributed by atoms with Gasteiger partial charge in [0.15, 0.2) is 0 Å². The zero-order chi connectivity index (χ0) is 16.1. The number of hydrogen-bond donors (Lipinski definition) is 0. The van der Waals surface area contributed by atoms with E-state index in [0.717, 1.165) is 43.1 Å². The molecule has 1 aromatic heterocycles. The Kier molecular flexibility index (Phi) is 4.88. The first-order valence-corrected chi connectivity index (χ1v) is 7.81. The van der Waals surface area contributed by atoms with Crippen LogP contribution in [0.25, 0.3) is 0 Å². The molecule has 5 nitrogen and oxygen atoms in total. The van der Waals surface area contributed by atoms with E-state index in [2.05, 4.69) is 9.88 Å². The first-order valence-electron chi connectivity index (χ1n) is 7.81. The van der Waals surface area contributed by atoms with Crippen molar-refractivity contribution < 1.29 is 9.53 Å². The summed E-state index contributed by atoms with van der Waals surface area (Å²) in [5.74, 6) is 1.07. The van der Waals surface area contributed by atoms with Crippen LogP contribution in [0.2, 0.25) is 0 Å². The van der Waals surface area contributed by atoms with Crippen molar-refractivity contribution in [3.8, 4) is 0 Å². The summed E-state index contributed by atoms with van der Waals surface area (Å²) in [4.78, 5) is 21.1. The third-order valence-electron chi connectivity index (χ3n) is 4.05. The predicted molar refractivity (Wildman–Crippen MR) is 89.5 cm³/mol. The number of methoxy groups -OCH3 is 1. The van der Waals surface area contributed by atoms with Crippen molar-refractivity contribution in [2.45, 2.75) is 6.61 Å². The van der Waals surface area contributed by atoms with Gasteiger partial charge in [-0.25, -0.2) is 4.98 Å². The van der Waals surface area contributed by atoms with Crippen LogP contribution in [0.3, 0.4) is 0 Å². The Balaban J connectivity index is 1.59. The highest BCUT2D eigenvalue weighted by atomic mass is 16.5. The zero-order valence-electron chi connectivity index (χ0n) is 13.3. The third kappa shape index (κ3) is 3.68. The summed E-state index contributed by atoms with van der Waals surface area (Å²) in [6, 6.07) is 13.6. The first kappa shape index (κ1) is 15.5. The van der Waals surface area contributed by atoms with Gasteiger partial charge in [-0.15, -0.1) is 0 Å². The second kappa shape index (κ2) is 7.24. The molecule has 1 aromatic carbocycles. The van der Waals surface area contributed by atoms with E-state index in [4.69, 9.17) is 4.74 Å². The van der Waals surface area contributed by atoms with E-state index >= 15 is 0 Å². The van der Waals surface area contributed by atoms with Crippen LogP contribution in [0.4, 0.5) is 5.82 Å². The number of anilines is 1. The Bertz CT molecular complexity index is 635. The summed E-state index contributed by atoms with van der Waals surface area (Å²) in [7, 11) is 1.67. The van der Waals surface area contributed by atoms with Gasteiger partial charge in [0.2, 0.25) is 0 Å². The van der Waals surface area contributed by atoms with Crippen molar-refractivity contribution in [2.75, 3.05) is 38.2 Å². The molecule has 0 aliphatic carbocycles. The summed E-state index contributed by atoms with van der Waals surface area (Å²) in [5, 5.41) is 0. The van der Waals surface area contributed by atoms with Gasteiger partial charge in [-0.1, -0.05) is 18.2 Å². The summed E-state index contributed by atoms with van der Waals surface area (Å²) in [6.45, 7) is 3.62. The molecule has 0 spiro atoms. The maximum absolute atomic E-state index is 12.6. The predicted octanol–water partition coefficient (Wildman–Crippen LogP) is 2.19. The molecule has 3 rings (SSSR count). The summed E-state index contributed by atoms with van der Waals surface area (Å²) >= 11 is 0. The quantitative estimate of drug-likeness (QED) is 0.868. The SMILES string of the molecule is COCc1ccc(C(=O)N2CCN(c3ccccn3)CC2)cc1. The van der Waals surface area contributed by atoms with Gasteiger partial charge in [0.25, 0.3) is 5.91 Å². The fraction of sp³-hybridized carbons (Fsp3) is 0.333. The molecule has 1 aliphatic heterocycles. The monoisotopic (exact) mass is 311 g/mol. The molecule has 1 aliphatic rings. The van der Waals surface area contributed by atoms with Crippen LogP contribution >= 0.6 is 0 Å². The highest BCUT2D eigenvalue weighted by Gasteiger charge is 2.22. The molecule has 0 saturated carbocycles. The van der Waals surface area contributed by atoms with E-state index in [1.807, 2.05) is 47.4 Å². The number of hydrogen-bond acceptors (Lipinski definition) is 4. The Morgan fingerprint density at radius 1 is 1.09 bits per heavy atom. The Morgan fingerprint density at radius 3 is 2.43 bits per heavy atom. The van der Waals surface area contributed by atoms with E-state index in [9.17, 15) is 4.79 Å². The molecule has 0 atom stereocenters. The largest absolute Gasteiger partial charge is 0.380 e. The average molecular weight is 311 g/mol. The van der Waals surface area contributed by atoms with E-state index in [-0.39, 0.29) is 5.91 Å². The van der Waals surface area contributed by atoms with Crippen molar-refractivity contribution in [2.24, 2.45) is 0 Å². The van der Waals surface area contributed by atoms with Crippen LogP contribution in [0.1, 0.15) is 15.9 Å². The fourth-order valence-electron chi connectivity index (χ4n) is 2.77. The number of amides is 1. The molecule has 2 aromatic rings. The maximum Gasteiger partial charge on any atom is 0.253 e. The number of ether oxygens (including phenoxy) is 1. The highest BCUT2D eigenvalue weighted by molar-refractivity contribution is 5.94. The van der Waals surface area contributed by atoms with Gasteiger partial charge in [0, 0.05) is 45.0 Å². The molecule has 0 N–H and O–H groups in total. The van der Waals surface area contributed by atoms with E-state index in [0.29, 0.717) is 6.61 Å². The summed E-state index contributed by atoms with van der Waals surface area (Å²) in [6.07, 6.45) is 1.80. The number of rotatable bonds is 4. The Morgan fingerprint density at radius 2 is 1.83 bits per heavy atom. The minimum Gasteiger partial charge on any atom is -0.380 e. The highest BCUT2D eigenvalue weighted by Crippen LogP contribution is 2.15. The van der Waals surface area contributed by atoms with Crippen molar-refractivity contribution in [3.05, 3.63) is 59.8 Å². The fourth-order valence-corrected chi connectivity index (χ4v) is 2.77. The molecule has 23 heavy (non-hydrogen) atoms. The van der Waals surface area contributed by atoms with Gasteiger partial charge in [0.1, 0.15) is 5.82 Å². The Hall–Kier alpha value is -2.40. The molecule has 5 heteroatoms. The van der Waals surface area contributed by atoms with E-state index in [1.165, 1.54) is 0 Å². The van der Waals surface area contributed by atoms with Crippen LogP contribution in [-0.2, 0) is 11.3 Å². The zero-order valence-corrected chi connectivity index (χ0v) is 13.3. The van der Waals surface area contributed by atoms with Gasteiger partial charge < -0.3 is 14.5 Å². The van der Waals surface area contributed by atoms with E-state index < -0.39 is 0 Å². The van der Waals surface area contributed by atoms with Gasteiger partial charge in [-0.3, -0.25) is 4.79 Å². The van der Waals surface area contributed by atoms with Crippen LogP contribution in [-0.4, -0.2) is 49.1 Å². The van der Waals surface area contributed by atoms with Crippen molar-refractivity contribution in [1.82, 2.24) is 9.88 Å². The number of piperazine rings is 1. The molecular formula is C18H21N3O2. The van der Waals surface area contributed by atoms with Crippen LogP contribution in [0.15, 0.2) is 48.7 Å². The summed E-state index contributed by atoms with van der Waals surface area (Å²) in [5.41, 5.74) is 1.81. The molecule has 0 bridgehead atoms. The lowest BCUT2D eigenvalue weighted by Crippen LogP contribution is -2.49. The number of carbonyl (C=O) groups excluding carboxylic acids is 1. The molecule has 1 fully saturated rings. The molecule has 0 radical (unpaired) electrons. The van der Waals surface area contributed by atoms with Gasteiger partial charge in [-0.05, 0) is 29.8 Å². The lowest BCUT2D eigenvalue weighted by molar-refractivity contribution is 0.0746. The minimum atomic E-state index is 0.0923. The number of nitrogens with zero attached hydrogens (tertiary/aromatic N) is 3. The second-order valence-electron chi connectivity index (χ2n) is 5.60. The molecule has 1 saturated heterocycles. The normalized spacial score (nSPS) is 14.8. The van der Waals surface area contributed by atoms with Crippen LogP contribution < -0.4 is 4.90 Å². The smallest absolute Gasteiger partial charge is 0.253 e. The lowest BCUT2D eigenvalue weighted by atomic mass is 10.1. The van der Waals surface area contributed by atoms with Crippen LogP contribution in [0, 0.1) is 0 Å². The van der Waals surface area contributed by atoms with Gasteiger partial charge in [0.05, 0.1) is 6.61 Å². The second-order valence-corrected chi connectivity index (χ2v) is 5.60. The third-order valence-corrected chi connectivity index (χ3v) is 4.05. The summed E-state index contributed by atoms with van der Waals surface area (Å²) < 4.78 is 5.09. The average Bonchev–Trinajstić information content (AvgIpc) is 2.63. The molecule has 120 valence electrons. The van der Waals surface area contributed by atoms with Gasteiger partial charge in [-0.2, -0.15) is 0 Å². The van der Waals surface area contributed by atoms with Crippen molar-refractivity contribution >= 4 is 11.7 Å². The Labute approximate surface area is 136 Å². The number of aromatic nitrogens is 1. The van der Waals surface area contributed by atoms with Gasteiger partial charge >= 0.3 is 0 Å². The number of carbonyl (C=O) groups is 1. The van der Waals surface area contributed by atoms with Crippen molar-refractivity contribution in [1.29, 1.82) is 0 Å². The maximum atomic E-state index is 12.6. The topological polar surface area (TPSA) is 45.7 Å². The molecule has 1 amide bonds. The van der Waals surface area contributed by atoms with E-state index in [1.54, 1.807) is 13.3 Å². The molecule has 0 unspecified atom stereocenters. The number of benzene rings is 1. The van der Waals surface area contributed by atoms with Crippen LogP contribution in [0.5, 0.6) is 0 Å². The molecular weight excluding hydrogens is 290 g/mol. The molecule has 2 heterocycles. The minimum absolute atomic E-state index is 0.0923. The lowest BCUT2D eigenvalue weighted by Gasteiger charge is -2.35. The standard InChI is InChI=1S/C18H21N3O2/c1-23-14-15-5-7-16(8-6-15)18(22)21-12-10-20(11-13-21)17-4-2-3-9-19-17/h2-9H,10-14H2,1H3. The number of pyridine rings is 1.